The van der Waals surface area contributed by atoms with Crippen molar-refractivity contribution in [2.24, 2.45) is 0 Å². The first-order valence-electron chi connectivity index (χ1n) is 10.6. The van der Waals surface area contributed by atoms with Gasteiger partial charge in [-0.2, -0.15) is 15.0 Å². The molecule has 0 aromatic carbocycles. The van der Waals surface area contributed by atoms with Gasteiger partial charge in [-0.1, -0.05) is 6.07 Å². The van der Waals surface area contributed by atoms with Gasteiger partial charge in [0.2, 0.25) is 5.88 Å². The summed E-state index contributed by atoms with van der Waals surface area (Å²) >= 11 is 0. The lowest BCUT2D eigenvalue weighted by molar-refractivity contribution is -0.139. The maximum absolute atomic E-state index is 11.7. The lowest BCUT2D eigenvalue weighted by atomic mass is 10.2. The number of aromatic nitrogens is 5. The topological polar surface area (TPSA) is 197 Å². The number of carbonyl (C=O) groups is 2. The van der Waals surface area contributed by atoms with Gasteiger partial charge in [0.1, 0.15) is 5.60 Å². The van der Waals surface area contributed by atoms with E-state index in [0.29, 0.717) is 18.7 Å². The molecule has 1 amide bonds. The number of nitrogens with two attached hydrogens (primary N) is 1. The Labute approximate surface area is 200 Å². The van der Waals surface area contributed by atoms with Crippen LogP contribution in [0.4, 0.5) is 10.6 Å². The Morgan fingerprint density at radius 2 is 1.91 bits per heavy atom. The Bertz CT molecular complexity index is 1210. The zero-order valence-corrected chi connectivity index (χ0v) is 19.5. The number of alkyl carbamates (subject to hydrolysis) is 1. The third kappa shape index (κ3) is 7.31. The van der Waals surface area contributed by atoms with Crippen LogP contribution in [0.2, 0.25) is 0 Å². The lowest BCUT2D eigenvalue weighted by Crippen LogP contribution is -2.33. The van der Waals surface area contributed by atoms with Crippen LogP contribution in [0.3, 0.4) is 0 Å². The highest BCUT2D eigenvalue weighted by atomic mass is 16.6. The number of ether oxygens (including phenoxy) is 3. The smallest absolute Gasteiger partial charge is 0.407 e. The van der Waals surface area contributed by atoms with Crippen molar-refractivity contribution in [2.45, 2.75) is 39.3 Å². The molecule has 0 saturated heterocycles. The fourth-order valence-corrected chi connectivity index (χ4v) is 2.86. The van der Waals surface area contributed by atoms with Crippen LogP contribution < -0.4 is 20.5 Å². The summed E-state index contributed by atoms with van der Waals surface area (Å²) in [7, 11) is 0. The number of hydrogen-bond acceptors (Lipinski definition) is 11. The highest BCUT2D eigenvalue weighted by molar-refractivity contribution is 5.83. The number of imidazole rings is 1. The van der Waals surface area contributed by atoms with Gasteiger partial charge >= 0.3 is 18.1 Å². The van der Waals surface area contributed by atoms with Crippen molar-refractivity contribution >= 4 is 29.0 Å². The van der Waals surface area contributed by atoms with E-state index >= 15 is 0 Å². The molecule has 14 heteroatoms. The number of pyridine rings is 1. The minimum absolute atomic E-state index is 0.0115. The van der Waals surface area contributed by atoms with E-state index < -0.39 is 24.3 Å². The number of rotatable bonds is 10. The van der Waals surface area contributed by atoms with Crippen molar-refractivity contribution in [3.05, 3.63) is 23.9 Å². The number of aliphatic carboxylic acids is 1. The predicted octanol–water partition coefficient (Wildman–Crippen LogP) is 1.31. The fraction of sp³-hybridized carbons (Fsp3) is 0.429. The van der Waals surface area contributed by atoms with Crippen LogP contribution in [-0.2, 0) is 16.1 Å². The molecule has 0 fully saturated rings. The predicted molar refractivity (Wildman–Crippen MR) is 122 cm³/mol. The van der Waals surface area contributed by atoms with Crippen molar-refractivity contribution in [3.8, 4) is 17.9 Å². The van der Waals surface area contributed by atoms with Gasteiger partial charge in [0.15, 0.2) is 23.6 Å². The SMILES string of the molecule is CC(C)(C)OC(=O)NCCCOc1nc(N)c2nc(O)n(Cc3cccc(OCC(=O)O)n3)c2n1. The Morgan fingerprint density at radius 1 is 1.14 bits per heavy atom. The Hall–Kier alpha value is -4.36. The summed E-state index contributed by atoms with van der Waals surface area (Å²) in [5, 5.41) is 21.7. The van der Waals surface area contributed by atoms with Crippen LogP contribution in [-0.4, -0.2) is 72.1 Å². The van der Waals surface area contributed by atoms with Gasteiger partial charge in [-0.25, -0.2) is 14.6 Å². The molecule has 14 nitrogen and oxygen atoms in total. The highest BCUT2D eigenvalue weighted by Crippen LogP contribution is 2.25. The Kier molecular flexibility index (Phi) is 7.73. The first kappa shape index (κ1) is 25.3. The number of carboxylic acids is 1. The molecule has 0 aliphatic carbocycles. The summed E-state index contributed by atoms with van der Waals surface area (Å²) in [5.74, 6) is -1.000. The summed E-state index contributed by atoms with van der Waals surface area (Å²) in [5.41, 5.74) is 6.24. The van der Waals surface area contributed by atoms with E-state index in [1.165, 1.54) is 10.6 Å². The molecule has 0 saturated carbocycles. The summed E-state index contributed by atoms with van der Waals surface area (Å²) in [6.45, 7) is 5.33. The highest BCUT2D eigenvalue weighted by Gasteiger charge is 2.18. The third-order valence-corrected chi connectivity index (χ3v) is 4.25. The van der Waals surface area contributed by atoms with Crippen molar-refractivity contribution in [1.82, 2.24) is 29.8 Å². The van der Waals surface area contributed by atoms with Gasteiger partial charge < -0.3 is 35.5 Å². The second-order valence-electron chi connectivity index (χ2n) is 8.34. The van der Waals surface area contributed by atoms with Crippen LogP contribution in [0.25, 0.3) is 11.2 Å². The van der Waals surface area contributed by atoms with Gasteiger partial charge in [-0.15, -0.1) is 0 Å². The molecule has 35 heavy (non-hydrogen) atoms. The average Bonchev–Trinajstić information content (AvgIpc) is 3.07. The van der Waals surface area contributed by atoms with Crippen LogP contribution in [0.15, 0.2) is 18.2 Å². The van der Waals surface area contributed by atoms with E-state index in [4.69, 9.17) is 25.1 Å². The molecule has 3 rings (SSSR count). The average molecular weight is 489 g/mol. The van der Waals surface area contributed by atoms with Crippen LogP contribution in [0, 0.1) is 0 Å². The van der Waals surface area contributed by atoms with Gasteiger partial charge in [-0.05, 0) is 33.3 Å². The largest absolute Gasteiger partial charge is 0.480 e. The van der Waals surface area contributed by atoms with Gasteiger partial charge in [0.05, 0.1) is 18.8 Å². The summed E-state index contributed by atoms with van der Waals surface area (Å²) in [4.78, 5) is 38.9. The number of aromatic hydroxyl groups is 1. The van der Waals surface area contributed by atoms with E-state index in [0.717, 1.165) is 0 Å². The number of amides is 1. The maximum Gasteiger partial charge on any atom is 0.407 e. The third-order valence-electron chi connectivity index (χ3n) is 4.25. The molecule has 3 aromatic heterocycles. The molecule has 0 bridgehead atoms. The number of nitrogens with one attached hydrogen (secondary N) is 1. The van der Waals surface area contributed by atoms with Crippen molar-refractivity contribution in [2.75, 3.05) is 25.5 Å². The second-order valence-corrected chi connectivity index (χ2v) is 8.34. The minimum Gasteiger partial charge on any atom is -0.480 e. The van der Waals surface area contributed by atoms with E-state index in [1.54, 1.807) is 32.9 Å². The molecule has 188 valence electrons. The second kappa shape index (κ2) is 10.7. The Morgan fingerprint density at radius 3 is 2.63 bits per heavy atom. The maximum atomic E-state index is 11.7. The minimum atomic E-state index is -1.13. The quantitative estimate of drug-likeness (QED) is 0.298. The molecule has 0 unspecified atom stereocenters. The molecule has 3 heterocycles. The summed E-state index contributed by atoms with van der Waals surface area (Å²) < 4.78 is 17.2. The molecular weight excluding hydrogens is 462 g/mol. The van der Waals surface area contributed by atoms with Crippen LogP contribution in [0.1, 0.15) is 32.9 Å². The van der Waals surface area contributed by atoms with Crippen molar-refractivity contribution < 1.29 is 34.0 Å². The molecule has 0 aliphatic heterocycles. The first-order chi connectivity index (χ1) is 16.5. The molecule has 3 aromatic rings. The van der Waals surface area contributed by atoms with Crippen molar-refractivity contribution in [3.63, 3.8) is 0 Å². The number of carbonyl (C=O) groups excluding carboxylic acids is 1. The van der Waals surface area contributed by atoms with E-state index in [1.807, 2.05) is 0 Å². The summed E-state index contributed by atoms with van der Waals surface area (Å²) in [6.07, 6.45) is -0.0668. The number of carboxylic acid groups (broad SMARTS) is 1. The summed E-state index contributed by atoms with van der Waals surface area (Å²) in [6, 6.07) is 4.43. The van der Waals surface area contributed by atoms with Gasteiger partial charge in [-0.3, -0.25) is 4.57 Å². The number of nitrogens with zero attached hydrogens (tertiary/aromatic N) is 5. The molecular formula is C21H27N7O7. The zero-order chi connectivity index (χ0) is 25.6. The lowest BCUT2D eigenvalue weighted by Gasteiger charge is -2.19. The normalized spacial score (nSPS) is 11.3. The van der Waals surface area contributed by atoms with E-state index in [-0.39, 0.29) is 48.0 Å². The molecule has 0 atom stereocenters. The molecule has 0 spiro atoms. The van der Waals surface area contributed by atoms with Gasteiger partial charge in [0, 0.05) is 12.6 Å². The van der Waals surface area contributed by atoms with Gasteiger partial charge in [0.25, 0.3) is 6.01 Å². The number of fused-ring (bicyclic) bond motifs is 1. The standard InChI is InChI=1S/C21H27N7O7/c1-21(2,3)35-20(32)23-8-5-9-33-18-26-16(22)15-17(27-18)28(19(31)25-15)10-12-6-4-7-13(24-12)34-11-14(29)30/h4,6-7H,5,8-11H2,1-3H3,(H,23,32)(H,25,31)(H,29,30)(H2,22,26,27). The fourth-order valence-electron chi connectivity index (χ4n) is 2.86. The van der Waals surface area contributed by atoms with Crippen molar-refractivity contribution in [1.29, 1.82) is 0 Å². The molecule has 0 radical (unpaired) electrons. The zero-order valence-electron chi connectivity index (χ0n) is 19.5. The van der Waals surface area contributed by atoms with Crippen LogP contribution in [0.5, 0.6) is 17.9 Å². The Balaban J connectivity index is 1.66. The first-order valence-corrected chi connectivity index (χ1v) is 10.6. The van der Waals surface area contributed by atoms with Crippen LogP contribution >= 0.6 is 0 Å². The van der Waals surface area contributed by atoms with E-state index in [9.17, 15) is 14.7 Å². The molecule has 5 N–H and O–H groups in total. The number of hydrogen-bond donors (Lipinski definition) is 4. The molecule has 0 aliphatic rings. The number of nitrogen functional groups attached to an aromatic ring is 1. The number of anilines is 1. The monoisotopic (exact) mass is 489 g/mol. The van der Waals surface area contributed by atoms with E-state index in [2.05, 4.69) is 25.3 Å².